The van der Waals surface area contributed by atoms with Crippen LogP contribution in [0.1, 0.15) is 19.8 Å². The van der Waals surface area contributed by atoms with E-state index in [1.165, 1.54) is 0 Å². The minimum atomic E-state index is 0.0889. The Morgan fingerprint density at radius 1 is 1.32 bits per heavy atom. The van der Waals surface area contributed by atoms with Crippen LogP contribution < -0.4 is 5.73 Å². The van der Waals surface area contributed by atoms with Crippen molar-refractivity contribution in [1.29, 1.82) is 0 Å². The van der Waals surface area contributed by atoms with Gasteiger partial charge in [0.25, 0.3) is 0 Å². The fourth-order valence-electron chi connectivity index (χ4n) is 2.50. The maximum absolute atomic E-state index is 8.88. The van der Waals surface area contributed by atoms with Crippen molar-refractivity contribution in [2.75, 3.05) is 53.4 Å². The molecule has 1 saturated heterocycles. The summed E-state index contributed by atoms with van der Waals surface area (Å²) < 4.78 is 0. The number of amidine groups is 1. The van der Waals surface area contributed by atoms with Gasteiger partial charge in [0.1, 0.15) is 0 Å². The quantitative estimate of drug-likeness (QED) is 0.297. The van der Waals surface area contributed by atoms with Gasteiger partial charge >= 0.3 is 0 Å². The molecule has 0 radical (unpaired) electrons. The van der Waals surface area contributed by atoms with E-state index in [-0.39, 0.29) is 6.04 Å². The molecule has 1 heterocycles. The summed E-state index contributed by atoms with van der Waals surface area (Å²) in [4.78, 5) is 7.03. The summed E-state index contributed by atoms with van der Waals surface area (Å²) in [6.45, 7) is 8.45. The Morgan fingerprint density at radius 2 is 1.95 bits per heavy atom. The third kappa shape index (κ3) is 5.34. The van der Waals surface area contributed by atoms with Crippen LogP contribution in [0.15, 0.2) is 5.16 Å². The van der Waals surface area contributed by atoms with Gasteiger partial charge < -0.3 is 15.8 Å². The van der Waals surface area contributed by atoms with Crippen LogP contribution in [0.3, 0.4) is 0 Å². The first kappa shape index (κ1) is 16.2. The van der Waals surface area contributed by atoms with Gasteiger partial charge in [0.15, 0.2) is 5.84 Å². The van der Waals surface area contributed by atoms with E-state index in [0.29, 0.717) is 5.84 Å². The first-order chi connectivity index (χ1) is 9.08. The topological polar surface area (TPSA) is 68.3 Å². The molecule has 6 nitrogen and oxygen atoms in total. The summed E-state index contributed by atoms with van der Waals surface area (Å²) in [5, 5.41) is 12.1. The lowest BCUT2D eigenvalue weighted by atomic mass is 10.1. The van der Waals surface area contributed by atoms with Crippen LogP contribution in [0.5, 0.6) is 0 Å². The first-order valence-electron chi connectivity index (χ1n) is 7.17. The largest absolute Gasteiger partial charge is 0.409 e. The highest BCUT2D eigenvalue weighted by Crippen LogP contribution is 2.11. The summed E-state index contributed by atoms with van der Waals surface area (Å²) in [6.07, 6.45) is 2.00. The summed E-state index contributed by atoms with van der Waals surface area (Å²) in [6, 6.07) is 0.0889. The molecule has 0 spiro atoms. The van der Waals surface area contributed by atoms with Crippen LogP contribution in [0.2, 0.25) is 0 Å². The number of nitrogens with two attached hydrogens (primary N) is 1. The SMILES string of the molecule is CCCC(C(N)=NO)N1CCN(CCN(C)C)CC1. The van der Waals surface area contributed by atoms with Crippen molar-refractivity contribution in [2.45, 2.75) is 25.8 Å². The van der Waals surface area contributed by atoms with E-state index < -0.39 is 0 Å². The smallest absolute Gasteiger partial charge is 0.156 e. The van der Waals surface area contributed by atoms with Gasteiger partial charge in [0.2, 0.25) is 0 Å². The minimum Gasteiger partial charge on any atom is -0.409 e. The Kier molecular flexibility index (Phi) is 7.12. The molecule has 1 aliphatic rings. The summed E-state index contributed by atoms with van der Waals surface area (Å²) in [5.41, 5.74) is 5.81. The predicted octanol–water partition coefficient (Wildman–Crippen LogP) is 0.0807. The molecular weight excluding hydrogens is 242 g/mol. The van der Waals surface area contributed by atoms with Crippen molar-refractivity contribution in [3.8, 4) is 0 Å². The molecule has 3 N–H and O–H groups in total. The van der Waals surface area contributed by atoms with E-state index >= 15 is 0 Å². The fourth-order valence-corrected chi connectivity index (χ4v) is 2.50. The highest BCUT2D eigenvalue weighted by atomic mass is 16.4. The zero-order valence-corrected chi connectivity index (χ0v) is 12.5. The Labute approximate surface area is 116 Å². The Balaban J connectivity index is 2.42. The molecule has 6 heteroatoms. The molecule has 1 atom stereocenters. The van der Waals surface area contributed by atoms with Gasteiger partial charge in [-0.15, -0.1) is 0 Å². The number of hydrogen-bond donors (Lipinski definition) is 2. The van der Waals surface area contributed by atoms with E-state index in [0.717, 1.165) is 52.1 Å². The van der Waals surface area contributed by atoms with Crippen molar-refractivity contribution in [3.05, 3.63) is 0 Å². The molecule has 112 valence electrons. The van der Waals surface area contributed by atoms with Crippen LogP contribution >= 0.6 is 0 Å². The Morgan fingerprint density at radius 3 is 2.42 bits per heavy atom. The van der Waals surface area contributed by atoms with E-state index in [2.05, 4.69) is 40.9 Å². The Hall–Kier alpha value is -0.850. The third-order valence-electron chi connectivity index (χ3n) is 3.73. The van der Waals surface area contributed by atoms with Crippen LogP contribution in [0.4, 0.5) is 0 Å². The van der Waals surface area contributed by atoms with Crippen molar-refractivity contribution in [2.24, 2.45) is 10.9 Å². The molecule has 1 unspecified atom stereocenters. The lowest BCUT2D eigenvalue weighted by Gasteiger charge is -2.39. The van der Waals surface area contributed by atoms with Gasteiger partial charge in [-0.3, -0.25) is 9.80 Å². The second kappa shape index (κ2) is 8.35. The maximum Gasteiger partial charge on any atom is 0.156 e. The van der Waals surface area contributed by atoms with Gasteiger partial charge in [-0.2, -0.15) is 0 Å². The normalized spacial score (nSPS) is 20.9. The third-order valence-corrected chi connectivity index (χ3v) is 3.73. The predicted molar refractivity (Wildman–Crippen MR) is 78.7 cm³/mol. The summed E-state index contributed by atoms with van der Waals surface area (Å²) >= 11 is 0. The second-order valence-corrected chi connectivity index (χ2v) is 5.51. The molecule has 0 aromatic rings. The van der Waals surface area contributed by atoms with Crippen LogP contribution in [-0.2, 0) is 0 Å². The van der Waals surface area contributed by atoms with Gasteiger partial charge in [0.05, 0.1) is 6.04 Å². The zero-order chi connectivity index (χ0) is 14.3. The van der Waals surface area contributed by atoms with Crippen molar-refractivity contribution in [3.63, 3.8) is 0 Å². The van der Waals surface area contributed by atoms with Crippen molar-refractivity contribution in [1.82, 2.24) is 14.7 Å². The highest BCUT2D eigenvalue weighted by Gasteiger charge is 2.25. The number of hydrogen-bond acceptors (Lipinski definition) is 5. The first-order valence-corrected chi connectivity index (χ1v) is 7.17. The Bertz CT molecular complexity index is 274. The minimum absolute atomic E-state index is 0.0889. The molecule has 0 aliphatic carbocycles. The second-order valence-electron chi connectivity index (χ2n) is 5.51. The molecule has 0 aromatic heterocycles. The average Bonchev–Trinajstić information content (AvgIpc) is 2.42. The molecule has 1 rings (SSSR count). The van der Waals surface area contributed by atoms with E-state index in [1.807, 2.05) is 0 Å². The van der Waals surface area contributed by atoms with E-state index in [4.69, 9.17) is 10.9 Å². The van der Waals surface area contributed by atoms with Crippen molar-refractivity contribution < 1.29 is 5.21 Å². The van der Waals surface area contributed by atoms with Gasteiger partial charge in [-0.25, -0.2) is 0 Å². The van der Waals surface area contributed by atoms with Gasteiger partial charge in [0, 0.05) is 39.3 Å². The monoisotopic (exact) mass is 271 g/mol. The number of likely N-dealkylation sites (N-methyl/N-ethyl adjacent to an activating group) is 1. The average molecular weight is 271 g/mol. The number of oxime groups is 1. The molecule has 1 fully saturated rings. The molecule has 0 bridgehead atoms. The molecule has 0 amide bonds. The van der Waals surface area contributed by atoms with Crippen molar-refractivity contribution >= 4 is 5.84 Å². The number of nitrogens with zero attached hydrogens (tertiary/aromatic N) is 4. The summed E-state index contributed by atoms with van der Waals surface area (Å²) in [5.74, 6) is 0.351. The molecule has 1 aliphatic heterocycles. The molecule has 19 heavy (non-hydrogen) atoms. The highest BCUT2D eigenvalue weighted by molar-refractivity contribution is 5.85. The molecule has 0 saturated carbocycles. The molecular formula is C13H29N5O. The van der Waals surface area contributed by atoms with Crippen LogP contribution in [-0.4, -0.2) is 85.1 Å². The summed E-state index contributed by atoms with van der Waals surface area (Å²) in [7, 11) is 4.21. The van der Waals surface area contributed by atoms with Crippen LogP contribution in [0, 0.1) is 0 Å². The standard InChI is InChI=1S/C13H29N5O/c1-4-5-12(13(14)15-19)18-10-8-17(9-11-18)7-6-16(2)3/h12,19H,4-11H2,1-3H3,(H2,14,15). The lowest BCUT2D eigenvalue weighted by Crippen LogP contribution is -2.54. The zero-order valence-electron chi connectivity index (χ0n) is 12.5. The number of piperazine rings is 1. The fraction of sp³-hybridized carbons (Fsp3) is 0.923. The lowest BCUT2D eigenvalue weighted by molar-refractivity contribution is 0.107. The van der Waals surface area contributed by atoms with E-state index in [9.17, 15) is 0 Å². The van der Waals surface area contributed by atoms with Gasteiger partial charge in [-0.05, 0) is 20.5 Å². The van der Waals surface area contributed by atoms with E-state index in [1.54, 1.807) is 0 Å². The number of rotatable bonds is 7. The maximum atomic E-state index is 8.88. The van der Waals surface area contributed by atoms with Crippen LogP contribution in [0.25, 0.3) is 0 Å². The van der Waals surface area contributed by atoms with Gasteiger partial charge in [-0.1, -0.05) is 18.5 Å². The molecule has 0 aromatic carbocycles.